The number of hydrogen-bond acceptors (Lipinski definition) is 2. The highest BCUT2D eigenvalue weighted by atomic mass is 16.4. The van der Waals surface area contributed by atoms with Crippen LogP contribution >= 0.6 is 0 Å². The van der Waals surface area contributed by atoms with Gasteiger partial charge in [-0.05, 0) is 25.2 Å². The van der Waals surface area contributed by atoms with Crippen LogP contribution in [-0.2, 0) is 9.59 Å². The fourth-order valence-electron chi connectivity index (χ4n) is 2.67. The van der Waals surface area contributed by atoms with Crippen molar-refractivity contribution in [3.05, 3.63) is 0 Å². The van der Waals surface area contributed by atoms with Gasteiger partial charge in [-0.3, -0.25) is 9.59 Å². The number of carbonyl (C=O) groups excluding carboxylic acids is 1. The highest BCUT2D eigenvalue weighted by Gasteiger charge is 2.32. The van der Waals surface area contributed by atoms with Gasteiger partial charge in [-0.15, -0.1) is 0 Å². The number of carboxylic acid groups (broad SMARTS) is 1. The van der Waals surface area contributed by atoms with Gasteiger partial charge in [-0.25, -0.2) is 0 Å². The lowest BCUT2D eigenvalue weighted by Gasteiger charge is -2.34. The van der Waals surface area contributed by atoms with Crippen molar-refractivity contribution in [2.75, 3.05) is 13.1 Å². The van der Waals surface area contributed by atoms with E-state index in [1.165, 1.54) is 0 Å². The lowest BCUT2D eigenvalue weighted by atomic mass is 9.88. The molecule has 4 nitrogen and oxygen atoms in total. The fourth-order valence-corrected chi connectivity index (χ4v) is 2.67. The summed E-state index contributed by atoms with van der Waals surface area (Å²) in [6, 6.07) is 0. The Morgan fingerprint density at radius 2 is 2.06 bits per heavy atom. The molecule has 1 saturated heterocycles. The van der Waals surface area contributed by atoms with Crippen molar-refractivity contribution in [1.82, 2.24) is 4.90 Å². The molecule has 0 spiro atoms. The number of likely N-dealkylation sites (tertiary alicyclic amines) is 1. The Labute approximate surface area is 109 Å². The molecule has 1 aliphatic heterocycles. The van der Waals surface area contributed by atoms with Crippen LogP contribution in [0.15, 0.2) is 0 Å². The van der Waals surface area contributed by atoms with Crippen molar-refractivity contribution in [2.24, 2.45) is 17.8 Å². The van der Waals surface area contributed by atoms with Crippen LogP contribution in [0.25, 0.3) is 0 Å². The first-order valence-corrected chi connectivity index (χ1v) is 6.99. The summed E-state index contributed by atoms with van der Waals surface area (Å²) in [7, 11) is 0. The number of aliphatic carboxylic acids is 1. The third kappa shape index (κ3) is 3.72. The van der Waals surface area contributed by atoms with Crippen LogP contribution in [0.2, 0.25) is 0 Å². The number of carboxylic acids is 1. The monoisotopic (exact) mass is 255 g/mol. The summed E-state index contributed by atoms with van der Waals surface area (Å²) in [6.45, 7) is 7.32. The molecule has 1 aliphatic rings. The molecule has 18 heavy (non-hydrogen) atoms. The Morgan fingerprint density at radius 1 is 1.39 bits per heavy atom. The van der Waals surface area contributed by atoms with Gasteiger partial charge in [-0.1, -0.05) is 27.2 Å². The Kier molecular flexibility index (Phi) is 5.63. The standard InChI is InChI=1S/C14H25NO3/c1-4-6-12(10(2)3)13(16)15-8-5-7-11(9-15)14(17)18/h10-12H,4-9H2,1-3H3,(H,17,18)/t11-,12?/m0/s1. The average molecular weight is 255 g/mol. The van der Waals surface area contributed by atoms with E-state index in [2.05, 4.69) is 20.8 Å². The molecule has 0 aromatic carbocycles. The number of piperidine rings is 1. The van der Waals surface area contributed by atoms with Gasteiger partial charge in [-0.2, -0.15) is 0 Å². The molecule has 0 aliphatic carbocycles. The maximum absolute atomic E-state index is 12.4. The Bertz CT molecular complexity index is 301. The maximum atomic E-state index is 12.4. The molecule has 4 heteroatoms. The second kappa shape index (κ2) is 6.76. The first kappa shape index (κ1) is 15.0. The molecule has 1 amide bonds. The zero-order valence-electron chi connectivity index (χ0n) is 11.7. The van der Waals surface area contributed by atoms with Crippen LogP contribution in [0.5, 0.6) is 0 Å². The van der Waals surface area contributed by atoms with E-state index >= 15 is 0 Å². The third-order valence-electron chi connectivity index (χ3n) is 3.80. The van der Waals surface area contributed by atoms with E-state index in [-0.39, 0.29) is 17.7 Å². The van der Waals surface area contributed by atoms with Crippen molar-refractivity contribution >= 4 is 11.9 Å². The highest BCUT2D eigenvalue weighted by Crippen LogP contribution is 2.24. The summed E-state index contributed by atoms with van der Waals surface area (Å²) >= 11 is 0. The molecule has 1 fully saturated rings. The van der Waals surface area contributed by atoms with E-state index in [9.17, 15) is 9.59 Å². The molecule has 1 unspecified atom stereocenters. The van der Waals surface area contributed by atoms with Crippen molar-refractivity contribution in [1.29, 1.82) is 0 Å². The molecule has 2 atom stereocenters. The topological polar surface area (TPSA) is 57.6 Å². The molecule has 104 valence electrons. The zero-order valence-corrected chi connectivity index (χ0v) is 11.7. The first-order chi connectivity index (χ1) is 8.47. The highest BCUT2D eigenvalue weighted by molar-refractivity contribution is 5.80. The number of rotatable bonds is 5. The molecule has 0 aromatic heterocycles. The molecule has 0 aromatic rings. The SMILES string of the molecule is CCCC(C(=O)N1CCC[C@H](C(=O)O)C1)C(C)C. The number of nitrogens with zero attached hydrogens (tertiary/aromatic N) is 1. The summed E-state index contributed by atoms with van der Waals surface area (Å²) < 4.78 is 0. The van der Waals surface area contributed by atoms with Crippen LogP contribution in [-0.4, -0.2) is 35.0 Å². The van der Waals surface area contributed by atoms with Crippen LogP contribution in [0.1, 0.15) is 46.5 Å². The zero-order chi connectivity index (χ0) is 13.7. The lowest BCUT2D eigenvalue weighted by molar-refractivity contribution is -0.147. The van der Waals surface area contributed by atoms with Gasteiger partial charge in [0.15, 0.2) is 0 Å². The second-order valence-electron chi connectivity index (χ2n) is 5.60. The van der Waals surface area contributed by atoms with Gasteiger partial charge in [0.05, 0.1) is 5.92 Å². The predicted molar refractivity (Wildman–Crippen MR) is 70.2 cm³/mol. The molecule has 1 N–H and O–H groups in total. The van der Waals surface area contributed by atoms with Crippen LogP contribution in [0, 0.1) is 17.8 Å². The van der Waals surface area contributed by atoms with E-state index in [4.69, 9.17) is 5.11 Å². The lowest BCUT2D eigenvalue weighted by Crippen LogP contribution is -2.45. The van der Waals surface area contributed by atoms with Crippen LogP contribution in [0.4, 0.5) is 0 Å². The molecule has 1 heterocycles. The summed E-state index contributed by atoms with van der Waals surface area (Å²) in [6.07, 6.45) is 3.38. The van der Waals surface area contributed by atoms with Crippen LogP contribution in [0.3, 0.4) is 0 Å². The van der Waals surface area contributed by atoms with E-state index in [0.29, 0.717) is 18.9 Å². The normalized spacial score (nSPS) is 22.0. The summed E-state index contributed by atoms with van der Waals surface area (Å²) in [4.78, 5) is 25.2. The van der Waals surface area contributed by atoms with E-state index < -0.39 is 5.97 Å². The smallest absolute Gasteiger partial charge is 0.308 e. The molecule has 1 rings (SSSR count). The maximum Gasteiger partial charge on any atom is 0.308 e. The van der Waals surface area contributed by atoms with Crippen molar-refractivity contribution < 1.29 is 14.7 Å². The molecule has 0 radical (unpaired) electrons. The van der Waals surface area contributed by atoms with E-state index in [1.54, 1.807) is 4.90 Å². The van der Waals surface area contributed by atoms with Crippen molar-refractivity contribution in [3.8, 4) is 0 Å². The minimum atomic E-state index is -0.774. The molecular formula is C14H25NO3. The van der Waals surface area contributed by atoms with Gasteiger partial charge >= 0.3 is 5.97 Å². The summed E-state index contributed by atoms with van der Waals surface area (Å²) in [5.74, 6) is -0.635. The van der Waals surface area contributed by atoms with E-state index in [0.717, 1.165) is 25.8 Å². The summed E-state index contributed by atoms with van der Waals surface area (Å²) in [5.41, 5.74) is 0. The van der Waals surface area contributed by atoms with Crippen molar-refractivity contribution in [2.45, 2.75) is 46.5 Å². The Morgan fingerprint density at radius 3 is 2.56 bits per heavy atom. The van der Waals surface area contributed by atoms with Gasteiger partial charge in [0.1, 0.15) is 0 Å². The van der Waals surface area contributed by atoms with E-state index in [1.807, 2.05) is 0 Å². The van der Waals surface area contributed by atoms with Gasteiger partial charge in [0, 0.05) is 19.0 Å². The minimum absolute atomic E-state index is 0.0440. The Balaban J connectivity index is 2.66. The minimum Gasteiger partial charge on any atom is -0.481 e. The molecule has 0 bridgehead atoms. The van der Waals surface area contributed by atoms with Gasteiger partial charge < -0.3 is 10.0 Å². The van der Waals surface area contributed by atoms with Crippen LogP contribution < -0.4 is 0 Å². The number of hydrogen-bond donors (Lipinski definition) is 1. The average Bonchev–Trinajstić information content (AvgIpc) is 2.35. The largest absolute Gasteiger partial charge is 0.481 e. The fraction of sp³-hybridized carbons (Fsp3) is 0.857. The third-order valence-corrected chi connectivity index (χ3v) is 3.80. The molecular weight excluding hydrogens is 230 g/mol. The quantitative estimate of drug-likeness (QED) is 0.820. The first-order valence-electron chi connectivity index (χ1n) is 6.99. The van der Waals surface area contributed by atoms with Gasteiger partial charge in [0.25, 0.3) is 0 Å². The predicted octanol–water partition coefficient (Wildman–Crippen LogP) is 2.38. The second-order valence-corrected chi connectivity index (χ2v) is 5.60. The Hall–Kier alpha value is -1.06. The number of carbonyl (C=O) groups is 2. The van der Waals surface area contributed by atoms with Crippen molar-refractivity contribution in [3.63, 3.8) is 0 Å². The number of amides is 1. The molecule has 0 saturated carbocycles. The van der Waals surface area contributed by atoms with Gasteiger partial charge in [0.2, 0.25) is 5.91 Å². The summed E-state index contributed by atoms with van der Waals surface area (Å²) in [5, 5.41) is 9.05.